The highest BCUT2D eigenvalue weighted by atomic mass is 16.2. The monoisotopic (exact) mass is 335 g/mol. The first kappa shape index (κ1) is 17.7. The summed E-state index contributed by atoms with van der Waals surface area (Å²) in [5, 5.41) is 6.52. The number of nitrogens with one attached hydrogen (secondary N) is 2. The first-order chi connectivity index (χ1) is 11.7. The molecule has 2 saturated carbocycles. The standard InChI is InChI=1S/C19H33N3O2/c23-18(14-15-4-2-1-3-5-15)21-17-8-6-16(7-9-17)19(24)22-12-10-20-11-13-22/h15-17,20H,1-14H2,(H,21,23). The Labute approximate surface area is 145 Å². The highest BCUT2D eigenvalue weighted by Crippen LogP contribution is 2.28. The maximum Gasteiger partial charge on any atom is 0.225 e. The Morgan fingerprint density at radius 3 is 2.25 bits per heavy atom. The van der Waals surface area contributed by atoms with Crippen molar-refractivity contribution in [3.05, 3.63) is 0 Å². The van der Waals surface area contributed by atoms with E-state index in [1.54, 1.807) is 0 Å². The molecule has 0 bridgehead atoms. The SMILES string of the molecule is O=C(CC1CCCCC1)NC1CCC(C(=O)N2CCNCC2)CC1. The first-order valence-corrected chi connectivity index (χ1v) is 10.0. The zero-order valence-electron chi connectivity index (χ0n) is 14.9. The van der Waals surface area contributed by atoms with Crippen LogP contribution in [0.2, 0.25) is 0 Å². The summed E-state index contributed by atoms with van der Waals surface area (Å²) >= 11 is 0. The van der Waals surface area contributed by atoms with E-state index in [0.29, 0.717) is 18.2 Å². The van der Waals surface area contributed by atoms with E-state index in [1.165, 1.54) is 32.1 Å². The van der Waals surface area contributed by atoms with Crippen LogP contribution < -0.4 is 10.6 Å². The molecule has 3 fully saturated rings. The van der Waals surface area contributed by atoms with E-state index < -0.39 is 0 Å². The molecule has 2 aliphatic carbocycles. The van der Waals surface area contributed by atoms with Crippen LogP contribution in [-0.4, -0.2) is 48.9 Å². The molecule has 0 atom stereocenters. The highest BCUT2D eigenvalue weighted by molar-refractivity contribution is 5.79. The normalized spacial score (nSPS) is 29.2. The van der Waals surface area contributed by atoms with Gasteiger partial charge in [-0.2, -0.15) is 0 Å². The van der Waals surface area contributed by atoms with Gasteiger partial charge in [-0.1, -0.05) is 19.3 Å². The quantitative estimate of drug-likeness (QED) is 0.827. The molecule has 1 heterocycles. The van der Waals surface area contributed by atoms with Crippen molar-refractivity contribution in [3.63, 3.8) is 0 Å². The van der Waals surface area contributed by atoms with E-state index in [2.05, 4.69) is 10.6 Å². The molecule has 5 nitrogen and oxygen atoms in total. The van der Waals surface area contributed by atoms with Crippen LogP contribution in [-0.2, 0) is 9.59 Å². The van der Waals surface area contributed by atoms with E-state index in [4.69, 9.17) is 0 Å². The van der Waals surface area contributed by atoms with Crippen LogP contribution in [0.5, 0.6) is 0 Å². The van der Waals surface area contributed by atoms with E-state index in [1.807, 2.05) is 4.90 Å². The summed E-state index contributed by atoms with van der Waals surface area (Å²) in [5.74, 6) is 1.35. The molecule has 2 N–H and O–H groups in total. The Morgan fingerprint density at radius 2 is 1.58 bits per heavy atom. The Kier molecular flexibility index (Phi) is 6.52. The van der Waals surface area contributed by atoms with E-state index in [9.17, 15) is 9.59 Å². The van der Waals surface area contributed by atoms with Crippen LogP contribution >= 0.6 is 0 Å². The first-order valence-electron chi connectivity index (χ1n) is 10.0. The fraction of sp³-hybridized carbons (Fsp3) is 0.895. The van der Waals surface area contributed by atoms with Crippen molar-refractivity contribution in [2.75, 3.05) is 26.2 Å². The fourth-order valence-electron chi connectivity index (χ4n) is 4.57. The fourth-order valence-corrected chi connectivity index (χ4v) is 4.57. The van der Waals surface area contributed by atoms with Gasteiger partial charge in [-0.05, 0) is 44.4 Å². The Morgan fingerprint density at radius 1 is 0.917 bits per heavy atom. The minimum absolute atomic E-state index is 0.176. The average Bonchev–Trinajstić information content (AvgIpc) is 2.63. The van der Waals surface area contributed by atoms with Gasteiger partial charge in [-0.15, -0.1) is 0 Å². The summed E-state index contributed by atoms with van der Waals surface area (Å²) in [4.78, 5) is 26.8. The van der Waals surface area contributed by atoms with Gasteiger partial charge in [0.1, 0.15) is 0 Å². The molecule has 5 heteroatoms. The Bertz CT molecular complexity index is 420. The molecule has 3 aliphatic rings. The lowest BCUT2D eigenvalue weighted by atomic mass is 9.84. The Balaban J connectivity index is 1.36. The summed E-state index contributed by atoms with van der Waals surface area (Å²) in [5.41, 5.74) is 0. The predicted octanol–water partition coefficient (Wildman–Crippen LogP) is 2.06. The van der Waals surface area contributed by atoms with Crippen molar-refractivity contribution in [1.29, 1.82) is 0 Å². The summed E-state index contributed by atoms with van der Waals surface area (Å²) < 4.78 is 0. The minimum atomic E-state index is 0.176. The molecule has 136 valence electrons. The number of piperazine rings is 1. The van der Waals surface area contributed by atoms with Gasteiger partial charge in [-0.3, -0.25) is 9.59 Å². The maximum atomic E-state index is 12.6. The average molecular weight is 335 g/mol. The van der Waals surface area contributed by atoms with Gasteiger partial charge in [0.15, 0.2) is 0 Å². The Hall–Kier alpha value is -1.10. The van der Waals surface area contributed by atoms with Crippen LogP contribution in [0.25, 0.3) is 0 Å². The molecule has 1 aliphatic heterocycles. The molecule has 0 radical (unpaired) electrons. The number of hydrogen-bond donors (Lipinski definition) is 2. The van der Waals surface area contributed by atoms with Crippen molar-refractivity contribution >= 4 is 11.8 Å². The van der Waals surface area contributed by atoms with Gasteiger partial charge in [0, 0.05) is 44.6 Å². The van der Waals surface area contributed by atoms with Crippen LogP contribution in [0.1, 0.15) is 64.2 Å². The molecular formula is C19H33N3O2. The second-order valence-electron chi connectivity index (χ2n) is 7.90. The molecule has 3 rings (SSSR count). The molecule has 0 aromatic carbocycles. The maximum absolute atomic E-state index is 12.6. The third kappa shape index (κ3) is 4.95. The third-order valence-corrected chi connectivity index (χ3v) is 6.07. The van der Waals surface area contributed by atoms with Gasteiger partial charge >= 0.3 is 0 Å². The molecule has 2 amide bonds. The lowest BCUT2D eigenvalue weighted by Crippen LogP contribution is -2.49. The minimum Gasteiger partial charge on any atom is -0.353 e. The van der Waals surface area contributed by atoms with Gasteiger partial charge < -0.3 is 15.5 Å². The second kappa shape index (κ2) is 8.84. The molecular weight excluding hydrogens is 302 g/mol. The highest BCUT2D eigenvalue weighted by Gasteiger charge is 2.30. The largest absolute Gasteiger partial charge is 0.353 e. The lowest BCUT2D eigenvalue weighted by Gasteiger charge is -2.34. The number of carbonyl (C=O) groups is 2. The zero-order chi connectivity index (χ0) is 16.8. The van der Waals surface area contributed by atoms with E-state index in [0.717, 1.165) is 51.9 Å². The molecule has 0 unspecified atom stereocenters. The third-order valence-electron chi connectivity index (χ3n) is 6.07. The second-order valence-corrected chi connectivity index (χ2v) is 7.90. The molecule has 0 aromatic rings. The van der Waals surface area contributed by atoms with E-state index in [-0.39, 0.29) is 17.9 Å². The number of carbonyl (C=O) groups excluding carboxylic acids is 2. The van der Waals surface area contributed by atoms with Crippen molar-refractivity contribution < 1.29 is 9.59 Å². The van der Waals surface area contributed by atoms with Gasteiger partial charge in [-0.25, -0.2) is 0 Å². The lowest BCUT2D eigenvalue weighted by molar-refractivity contribution is -0.137. The number of nitrogens with zero attached hydrogens (tertiary/aromatic N) is 1. The van der Waals surface area contributed by atoms with Crippen molar-refractivity contribution in [1.82, 2.24) is 15.5 Å². The summed E-state index contributed by atoms with van der Waals surface area (Å²) in [6, 6.07) is 0.285. The van der Waals surface area contributed by atoms with Gasteiger partial charge in [0.2, 0.25) is 11.8 Å². The van der Waals surface area contributed by atoms with Crippen molar-refractivity contribution in [2.45, 2.75) is 70.3 Å². The summed E-state index contributed by atoms with van der Waals surface area (Å²) in [6.07, 6.45) is 10.8. The summed E-state index contributed by atoms with van der Waals surface area (Å²) in [7, 11) is 0. The molecule has 0 spiro atoms. The van der Waals surface area contributed by atoms with E-state index >= 15 is 0 Å². The number of hydrogen-bond acceptors (Lipinski definition) is 3. The van der Waals surface area contributed by atoms with Gasteiger partial charge in [0.05, 0.1) is 0 Å². The van der Waals surface area contributed by atoms with Gasteiger partial charge in [0.25, 0.3) is 0 Å². The van der Waals surface area contributed by atoms with Crippen LogP contribution in [0, 0.1) is 11.8 Å². The van der Waals surface area contributed by atoms with Crippen LogP contribution in [0.15, 0.2) is 0 Å². The summed E-state index contributed by atoms with van der Waals surface area (Å²) in [6.45, 7) is 3.52. The molecule has 1 saturated heterocycles. The predicted molar refractivity (Wildman–Crippen MR) is 94.5 cm³/mol. The smallest absolute Gasteiger partial charge is 0.225 e. The topological polar surface area (TPSA) is 61.4 Å². The van der Waals surface area contributed by atoms with Crippen LogP contribution in [0.3, 0.4) is 0 Å². The van der Waals surface area contributed by atoms with Crippen molar-refractivity contribution in [3.8, 4) is 0 Å². The number of amides is 2. The van der Waals surface area contributed by atoms with Crippen LogP contribution in [0.4, 0.5) is 0 Å². The van der Waals surface area contributed by atoms with Crippen molar-refractivity contribution in [2.24, 2.45) is 11.8 Å². The molecule has 24 heavy (non-hydrogen) atoms. The molecule has 0 aromatic heterocycles. The zero-order valence-corrected chi connectivity index (χ0v) is 14.9. The number of rotatable bonds is 4.